The number of hydrogen-bond acceptors (Lipinski definition) is 4. The highest BCUT2D eigenvalue weighted by Gasteiger charge is 2.22. The van der Waals surface area contributed by atoms with E-state index >= 15 is 0 Å². The monoisotopic (exact) mass is 393 g/mol. The topological polar surface area (TPSA) is 53.4 Å². The maximum Gasteiger partial charge on any atom is 0.238 e. The number of nitrogens with zero attached hydrogens (tertiary/aromatic N) is 4. The zero-order valence-corrected chi connectivity index (χ0v) is 16.4. The molecule has 2 heterocycles. The standard InChI is InChI=1S/C22H24FN5O/c1-17-2-8-20(9-3-17)28-11-10-24-22(28)27-14-12-26(13-15-27)16-21(29)25-19-6-4-18(23)5-7-19/h2-11H,12-16H2,1H3,(H,25,29). The lowest BCUT2D eigenvalue weighted by Crippen LogP contribution is -2.49. The lowest BCUT2D eigenvalue weighted by Gasteiger charge is -2.35. The number of benzene rings is 2. The molecule has 1 aliphatic rings. The number of rotatable bonds is 5. The van der Waals surface area contributed by atoms with Crippen LogP contribution in [0.2, 0.25) is 0 Å². The van der Waals surface area contributed by atoms with E-state index in [1.165, 1.54) is 17.7 Å². The van der Waals surface area contributed by atoms with Gasteiger partial charge in [-0.3, -0.25) is 14.3 Å². The van der Waals surface area contributed by atoms with Crippen molar-refractivity contribution in [2.45, 2.75) is 6.92 Å². The summed E-state index contributed by atoms with van der Waals surface area (Å²) in [4.78, 5) is 21.2. The van der Waals surface area contributed by atoms with Crippen LogP contribution >= 0.6 is 0 Å². The minimum absolute atomic E-state index is 0.0915. The molecule has 0 aliphatic carbocycles. The maximum atomic E-state index is 13.0. The van der Waals surface area contributed by atoms with Crippen LogP contribution in [0.25, 0.3) is 5.69 Å². The summed E-state index contributed by atoms with van der Waals surface area (Å²) in [5.41, 5.74) is 2.92. The molecule has 0 atom stereocenters. The Hall–Kier alpha value is -3.19. The molecular formula is C22H24FN5O. The van der Waals surface area contributed by atoms with Gasteiger partial charge in [0.25, 0.3) is 0 Å². The van der Waals surface area contributed by atoms with Crippen molar-refractivity contribution < 1.29 is 9.18 Å². The van der Waals surface area contributed by atoms with Gasteiger partial charge in [-0.1, -0.05) is 17.7 Å². The summed E-state index contributed by atoms with van der Waals surface area (Å²) in [6.07, 6.45) is 3.79. The van der Waals surface area contributed by atoms with E-state index in [9.17, 15) is 9.18 Å². The molecule has 0 spiro atoms. The fourth-order valence-electron chi connectivity index (χ4n) is 3.48. The second kappa shape index (κ2) is 8.45. The molecule has 0 bridgehead atoms. The summed E-state index contributed by atoms with van der Waals surface area (Å²) >= 11 is 0. The summed E-state index contributed by atoms with van der Waals surface area (Å²) in [6, 6.07) is 14.2. The van der Waals surface area contributed by atoms with Crippen LogP contribution < -0.4 is 10.2 Å². The molecule has 0 unspecified atom stereocenters. The van der Waals surface area contributed by atoms with E-state index in [-0.39, 0.29) is 11.7 Å². The van der Waals surface area contributed by atoms with Crippen molar-refractivity contribution in [3.05, 3.63) is 72.3 Å². The smallest absolute Gasteiger partial charge is 0.238 e. The highest BCUT2D eigenvalue weighted by Crippen LogP contribution is 2.20. The average Bonchev–Trinajstić information content (AvgIpc) is 3.21. The first kappa shape index (κ1) is 19.1. The maximum absolute atomic E-state index is 13.0. The van der Waals surface area contributed by atoms with Gasteiger partial charge in [-0.15, -0.1) is 0 Å². The normalized spacial score (nSPS) is 14.8. The van der Waals surface area contributed by atoms with E-state index in [0.29, 0.717) is 12.2 Å². The van der Waals surface area contributed by atoms with E-state index in [4.69, 9.17) is 0 Å². The van der Waals surface area contributed by atoms with Crippen molar-refractivity contribution >= 4 is 17.5 Å². The number of anilines is 2. The van der Waals surface area contributed by atoms with Gasteiger partial charge in [-0.05, 0) is 43.3 Å². The molecule has 29 heavy (non-hydrogen) atoms. The van der Waals surface area contributed by atoms with Gasteiger partial charge in [-0.25, -0.2) is 9.37 Å². The lowest BCUT2D eigenvalue weighted by molar-refractivity contribution is -0.117. The fourth-order valence-corrected chi connectivity index (χ4v) is 3.48. The molecule has 7 heteroatoms. The van der Waals surface area contributed by atoms with E-state index in [1.807, 2.05) is 12.4 Å². The second-order valence-corrected chi connectivity index (χ2v) is 7.25. The van der Waals surface area contributed by atoms with Crippen molar-refractivity contribution in [2.75, 3.05) is 42.9 Å². The first-order valence-corrected chi connectivity index (χ1v) is 9.71. The Morgan fingerprint density at radius 1 is 1.03 bits per heavy atom. The van der Waals surface area contributed by atoms with Crippen LogP contribution in [0, 0.1) is 12.7 Å². The van der Waals surface area contributed by atoms with E-state index in [0.717, 1.165) is 37.8 Å². The third-order valence-electron chi connectivity index (χ3n) is 5.08. The van der Waals surface area contributed by atoms with Crippen LogP contribution in [0.1, 0.15) is 5.56 Å². The molecule has 4 rings (SSSR count). The second-order valence-electron chi connectivity index (χ2n) is 7.25. The predicted octanol–water partition coefficient (Wildman–Crippen LogP) is 3.08. The van der Waals surface area contributed by atoms with Crippen LogP contribution in [0.4, 0.5) is 16.0 Å². The van der Waals surface area contributed by atoms with Crippen LogP contribution in [-0.4, -0.2) is 53.1 Å². The highest BCUT2D eigenvalue weighted by atomic mass is 19.1. The molecule has 1 saturated heterocycles. The average molecular weight is 393 g/mol. The minimum atomic E-state index is -0.317. The molecule has 0 saturated carbocycles. The Morgan fingerprint density at radius 2 is 1.72 bits per heavy atom. The highest BCUT2D eigenvalue weighted by molar-refractivity contribution is 5.92. The van der Waals surface area contributed by atoms with Crippen molar-refractivity contribution in [1.82, 2.24) is 14.5 Å². The zero-order chi connectivity index (χ0) is 20.2. The summed E-state index contributed by atoms with van der Waals surface area (Å²) in [5, 5.41) is 2.81. The third-order valence-corrected chi connectivity index (χ3v) is 5.08. The Balaban J connectivity index is 1.33. The van der Waals surface area contributed by atoms with E-state index in [1.54, 1.807) is 12.1 Å². The molecule has 1 fully saturated rings. The first-order chi connectivity index (χ1) is 14.1. The quantitative estimate of drug-likeness (QED) is 0.724. The van der Waals surface area contributed by atoms with Crippen LogP contribution in [0.15, 0.2) is 60.9 Å². The van der Waals surface area contributed by atoms with Gasteiger partial charge in [0.1, 0.15) is 5.82 Å². The number of nitrogens with one attached hydrogen (secondary N) is 1. The van der Waals surface area contributed by atoms with Crippen LogP contribution in [-0.2, 0) is 4.79 Å². The molecule has 1 aliphatic heterocycles. The number of piperazine rings is 1. The molecule has 150 valence electrons. The Kier molecular flexibility index (Phi) is 5.57. The van der Waals surface area contributed by atoms with Gasteiger partial charge in [0, 0.05) is 49.9 Å². The largest absolute Gasteiger partial charge is 0.339 e. The summed E-state index contributed by atoms with van der Waals surface area (Å²) in [7, 11) is 0. The van der Waals surface area contributed by atoms with Gasteiger partial charge in [0.2, 0.25) is 11.9 Å². The molecule has 6 nitrogen and oxygen atoms in total. The summed E-state index contributed by atoms with van der Waals surface area (Å²) < 4.78 is 15.1. The number of carbonyl (C=O) groups excluding carboxylic acids is 1. The van der Waals surface area contributed by atoms with Gasteiger partial charge in [0.15, 0.2) is 0 Å². The van der Waals surface area contributed by atoms with Gasteiger partial charge < -0.3 is 10.2 Å². The van der Waals surface area contributed by atoms with Crippen LogP contribution in [0.3, 0.4) is 0 Å². The number of aryl methyl sites for hydroxylation is 1. The number of carbonyl (C=O) groups is 1. The number of halogens is 1. The molecular weight excluding hydrogens is 369 g/mol. The molecule has 1 aromatic heterocycles. The number of imidazole rings is 1. The zero-order valence-electron chi connectivity index (χ0n) is 16.4. The third kappa shape index (κ3) is 4.63. The summed E-state index contributed by atoms with van der Waals surface area (Å²) in [6.45, 7) is 5.54. The molecule has 0 radical (unpaired) electrons. The number of amides is 1. The minimum Gasteiger partial charge on any atom is -0.339 e. The van der Waals surface area contributed by atoms with Crippen LogP contribution in [0.5, 0.6) is 0 Å². The fraction of sp³-hybridized carbons (Fsp3) is 0.273. The van der Waals surface area contributed by atoms with E-state index in [2.05, 4.69) is 55.9 Å². The van der Waals surface area contributed by atoms with Crippen molar-refractivity contribution in [3.63, 3.8) is 0 Å². The summed E-state index contributed by atoms with van der Waals surface area (Å²) in [5.74, 6) is 0.513. The Bertz CT molecular complexity index is 960. The molecule has 1 N–H and O–H groups in total. The Morgan fingerprint density at radius 3 is 2.41 bits per heavy atom. The van der Waals surface area contributed by atoms with Crippen molar-refractivity contribution in [3.8, 4) is 5.69 Å². The van der Waals surface area contributed by atoms with E-state index < -0.39 is 0 Å². The SMILES string of the molecule is Cc1ccc(-n2ccnc2N2CCN(CC(=O)Nc3ccc(F)cc3)CC2)cc1. The predicted molar refractivity (Wildman–Crippen MR) is 112 cm³/mol. The van der Waals surface area contributed by atoms with Crippen molar-refractivity contribution in [1.29, 1.82) is 0 Å². The lowest BCUT2D eigenvalue weighted by atomic mass is 10.2. The molecule has 3 aromatic rings. The van der Waals surface area contributed by atoms with Gasteiger partial charge in [-0.2, -0.15) is 0 Å². The van der Waals surface area contributed by atoms with Gasteiger partial charge in [0.05, 0.1) is 6.54 Å². The molecule has 2 aromatic carbocycles. The number of aromatic nitrogens is 2. The van der Waals surface area contributed by atoms with Crippen molar-refractivity contribution in [2.24, 2.45) is 0 Å². The number of hydrogen-bond donors (Lipinski definition) is 1. The van der Waals surface area contributed by atoms with Gasteiger partial charge >= 0.3 is 0 Å². The first-order valence-electron chi connectivity index (χ1n) is 9.71. The molecule has 1 amide bonds. The Labute approximate surface area is 169 Å².